The molecule has 0 spiro atoms. The normalized spacial score (nSPS) is 11.1. The molecule has 0 saturated carbocycles. The number of amides is 1. The molecule has 162 valence electrons. The molecule has 1 N–H and O–H groups in total. The van der Waals surface area contributed by atoms with Crippen molar-refractivity contribution in [2.45, 2.75) is 13.5 Å². The predicted molar refractivity (Wildman–Crippen MR) is 119 cm³/mol. The summed E-state index contributed by atoms with van der Waals surface area (Å²) in [6.45, 7) is 1.90. The van der Waals surface area contributed by atoms with Crippen molar-refractivity contribution in [3.63, 3.8) is 0 Å². The summed E-state index contributed by atoms with van der Waals surface area (Å²) in [6, 6.07) is 19.6. The van der Waals surface area contributed by atoms with Gasteiger partial charge in [-0.25, -0.2) is 12.8 Å². The molecular weight excluding hydrogens is 419 g/mol. The van der Waals surface area contributed by atoms with E-state index in [0.29, 0.717) is 17.1 Å². The molecule has 0 aromatic heterocycles. The average Bonchev–Trinajstić information content (AvgIpc) is 2.71. The summed E-state index contributed by atoms with van der Waals surface area (Å²) < 4.78 is 44.6. The van der Waals surface area contributed by atoms with E-state index in [1.54, 1.807) is 30.3 Å². The molecule has 3 aromatic rings. The molecule has 1 amide bonds. The monoisotopic (exact) mass is 442 g/mol. The van der Waals surface area contributed by atoms with Gasteiger partial charge in [0.15, 0.2) is 6.61 Å². The summed E-state index contributed by atoms with van der Waals surface area (Å²) in [5, 5.41) is 2.54. The van der Waals surface area contributed by atoms with Crippen LogP contribution in [-0.2, 0) is 21.4 Å². The van der Waals surface area contributed by atoms with Crippen LogP contribution in [-0.4, -0.2) is 27.2 Å². The first-order valence-electron chi connectivity index (χ1n) is 9.52. The number of ether oxygens (including phenoxy) is 1. The van der Waals surface area contributed by atoms with Crippen LogP contribution < -0.4 is 14.4 Å². The smallest absolute Gasteiger partial charge is 0.262 e. The Morgan fingerprint density at radius 3 is 2.32 bits per heavy atom. The van der Waals surface area contributed by atoms with Crippen molar-refractivity contribution in [2.24, 2.45) is 0 Å². The number of sulfonamides is 1. The van der Waals surface area contributed by atoms with Crippen LogP contribution in [0.15, 0.2) is 72.8 Å². The minimum absolute atomic E-state index is 0.204. The highest BCUT2D eigenvalue weighted by Crippen LogP contribution is 2.24. The van der Waals surface area contributed by atoms with Crippen molar-refractivity contribution in [3.05, 3.63) is 89.7 Å². The van der Waals surface area contributed by atoms with Crippen LogP contribution >= 0.6 is 0 Å². The van der Waals surface area contributed by atoms with E-state index in [1.165, 1.54) is 22.5 Å². The van der Waals surface area contributed by atoms with E-state index in [4.69, 9.17) is 4.74 Å². The lowest BCUT2D eigenvalue weighted by Gasteiger charge is -2.23. The number of aryl methyl sites for hydroxylation is 1. The molecule has 0 heterocycles. The van der Waals surface area contributed by atoms with E-state index in [0.717, 1.165) is 17.4 Å². The van der Waals surface area contributed by atoms with Gasteiger partial charge in [0.25, 0.3) is 5.91 Å². The maximum Gasteiger partial charge on any atom is 0.262 e. The van der Waals surface area contributed by atoms with Crippen molar-refractivity contribution < 1.29 is 22.3 Å². The van der Waals surface area contributed by atoms with Crippen LogP contribution in [0.25, 0.3) is 0 Å². The van der Waals surface area contributed by atoms with Gasteiger partial charge in [0, 0.05) is 5.69 Å². The third-order valence-corrected chi connectivity index (χ3v) is 5.59. The second-order valence-electron chi connectivity index (χ2n) is 7.10. The van der Waals surface area contributed by atoms with Gasteiger partial charge in [-0.1, -0.05) is 35.9 Å². The van der Waals surface area contributed by atoms with E-state index in [-0.39, 0.29) is 13.2 Å². The fourth-order valence-electron chi connectivity index (χ4n) is 2.88. The molecule has 3 rings (SSSR count). The van der Waals surface area contributed by atoms with Crippen LogP contribution in [0, 0.1) is 12.7 Å². The molecular formula is C23H23FN2O4S. The number of nitrogens with one attached hydrogen (secondary N) is 1. The van der Waals surface area contributed by atoms with E-state index in [2.05, 4.69) is 5.32 Å². The number of benzene rings is 3. The van der Waals surface area contributed by atoms with Gasteiger partial charge in [-0.05, 0) is 55.0 Å². The Kier molecular flexibility index (Phi) is 6.91. The topological polar surface area (TPSA) is 75.7 Å². The molecule has 0 aliphatic rings. The third-order valence-electron chi connectivity index (χ3n) is 4.45. The van der Waals surface area contributed by atoms with Gasteiger partial charge >= 0.3 is 0 Å². The zero-order chi connectivity index (χ0) is 22.4. The standard InChI is InChI=1S/C23H23FN2O4S/c1-17-6-8-18(9-7-17)15-26(31(2,28)29)21-10-12-22(13-11-21)30-16-23(27)25-20-5-3-4-19(24)14-20/h3-14H,15-16H2,1-2H3,(H,25,27). The van der Waals surface area contributed by atoms with Gasteiger partial charge in [-0.3, -0.25) is 9.10 Å². The van der Waals surface area contributed by atoms with Gasteiger partial charge in [0.2, 0.25) is 10.0 Å². The summed E-state index contributed by atoms with van der Waals surface area (Å²) in [6.07, 6.45) is 1.16. The van der Waals surface area contributed by atoms with Gasteiger partial charge in [0.05, 0.1) is 18.5 Å². The van der Waals surface area contributed by atoms with Gasteiger partial charge in [0.1, 0.15) is 11.6 Å². The molecule has 0 unspecified atom stereocenters. The zero-order valence-electron chi connectivity index (χ0n) is 17.2. The van der Waals surface area contributed by atoms with E-state index >= 15 is 0 Å². The van der Waals surface area contributed by atoms with Crippen molar-refractivity contribution in [1.29, 1.82) is 0 Å². The number of hydrogen-bond donors (Lipinski definition) is 1. The fourth-order valence-corrected chi connectivity index (χ4v) is 3.77. The fraction of sp³-hybridized carbons (Fsp3) is 0.174. The first kappa shape index (κ1) is 22.3. The van der Waals surface area contributed by atoms with E-state index in [9.17, 15) is 17.6 Å². The second kappa shape index (κ2) is 9.61. The van der Waals surface area contributed by atoms with Crippen LogP contribution in [0.2, 0.25) is 0 Å². The molecule has 31 heavy (non-hydrogen) atoms. The Morgan fingerprint density at radius 2 is 1.71 bits per heavy atom. The number of hydrogen-bond acceptors (Lipinski definition) is 4. The van der Waals surface area contributed by atoms with Gasteiger partial charge < -0.3 is 10.1 Å². The number of carbonyl (C=O) groups excluding carboxylic acids is 1. The molecule has 8 heteroatoms. The van der Waals surface area contributed by atoms with Crippen LogP contribution in [0.1, 0.15) is 11.1 Å². The molecule has 0 aliphatic heterocycles. The molecule has 6 nitrogen and oxygen atoms in total. The van der Waals surface area contributed by atoms with Gasteiger partial charge in [-0.2, -0.15) is 0 Å². The largest absolute Gasteiger partial charge is 0.484 e. The molecule has 3 aromatic carbocycles. The molecule has 0 fully saturated rings. The second-order valence-corrected chi connectivity index (χ2v) is 9.00. The van der Waals surface area contributed by atoms with Gasteiger partial charge in [-0.15, -0.1) is 0 Å². The SMILES string of the molecule is Cc1ccc(CN(c2ccc(OCC(=O)Nc3cccc(F)c3)cc2)S(C)(=O)=O)cc1. The number of rotatable bonds is 8. The number of anilines is 2. The number of nitrogens with zero attached hydrogens (tertiary/aromatic N) is 1. The molecule has 0 bridgehead atoms. The van der Waals surface area contributed by atoms with Crippen molar-refractivity contribution in [2.75, 3.05) is 22.5 Å². The van der Waals surface area contributed by atoms with Crippen molar-refractivity contribution in [3.8, 4) is 5.75 Å². The quantitative estimate of drug-likeness (QED) is 0.570. The molecule has 0 saturated heterocycles. The minimum atomic E-state index is -3.51. The maximum atomic E-state index is 13.2. The highest BCUT2D eigenvalue weighted by atomic mass is 32.2. The third kappa shape index (κ3) is 6.55. The van der Waals surface area contributed by atoms with Crippen LogP contribution in [0.4, 0.5) is 15.8 Å². The van der Waals surface area contributed by atoms with E-state index in [1.807, 2.05) is 31.2 Å². The van der Waals surface area contributed by atoms with Crippen LogP contribution in [0.3, 0.4) is 0 Å². The first-order valence-corrected chi connectivity index (χ1v) is 11.4. The zero-order valence-corrected chi connectivity index (χ0v) is 18.0. The summed E-state index contributed by atoms with van der Waals surface area (Å²) in [5.74, 6) is -0.482. The summed E-state index contributed by atoms with van der Waals surface area (Å²) in [4.78, 5) is 12.0. The Labute approximate surface area is 181 Å². The molecule has 0 radical (unpaired) electrons. The molecule has 0 aliphatic carbocycles. The Morgan fingerprint density at radius 1 is 1.03 bits per heavy atom. The number of halogens is 1. The first-order chi connectivity index (χ1) is 14.7. The highest BCUT2D eigenvalue weighted by molar-refractivity contribution is 7.92. The average molecular weight is 443 g/mol. The Balaban J connectivity index is 1.64. The highest BCUT2D eigenvalue weighted by Gasteiger charge is 2.18. The lowest BCUT2D eigenvalue weighted by atomic mass is 10.1. The maximum absolute atomic E-state index is 13.2. The summed E-state index contributed by atoms with van der Waals surface area (Å²) >= 11 is 0. The van der Waals surface area contributed by atoms with Crippen molar-refractivity contribution >= 4 is 27.3 Å². The van der Waals surface area contributed by atoms with Crippen LogP contribution in [0.5, 0.6) is 5.75 Å². The molecule has 0 atom stereocenters. The Bertz CT molecular complexity index is 1150. The van der Waals surface area contributed by atoms with E-state index < -0.39 is 21.7 Å². The summed E-state index contributed by atoms with van der Waals surface area (Å²) in [7, 11) is -3.51. The lowest BCUT2D eigenvalue weighted by Crippen LogP contribution is -2.29. The number of carbonyl (C=O) groups is 1. The minimum Gasteiger partial charge on any atom is -0.484 e. The van der Waals surface area contributed by atoms with Crippen molar-refractivity contribution in [1.82, 2.24) is 0 Å². The predicted octanol–water partition coefficient (Wildman–Crippen LogP) is 4.12. The lowest BCUT2D eigenvalue weighted by molar-refractivity contribution is -0.118. The Hall–Kier alpha value is -3.39. The summed E-state index contributed by atoms with van der Waals surface area (Å²) in [5.41, 5.74) is 2.78.